The van der Waals surface area contributed by atoms with E-state index in [0.717, 1.165) is 42.2 Å². The Morgan fingerprint density at radius 3 is 2.56 bits per heavy atom. The Balaban J connectivity index is 0.000000751. The summed E-state index contributed by atoms with van der Waals surface area (Å²) >= 11 is 0. The number of carbonyl (C=O) groups is 1. The van der Waals surface area contributed by atoms with Crippen molar-refractivity contribution in [1.29, 1.82) is 0 Å². The van der Waals surface area contributed by atoms with Crippen LogP contribution in [0.15, 0.2) is 59.2 Å². The molecule has 0 amide bonds. The first-order valence-electron chi connectivity index (χ1n) is 12.3. The van der Waals surface area contributed by atoms with Crippen molar-refractivity contribution in [1.82, 2.24) is 4.98 Å². The molecule has 0 N–H and O–H groups in total. The lowest BCUT2D eigenvalue weighted by Gasteiger charge is -2.20. The fraction of sp³-hybridized carbons (Fsp3) is 0.448. The number of esters is 1. The molecule has 182 valence electrons. The standard InChI is InChI=1S/C25H27NO4.C4H10/c1-3-21(25(27)28-2)23-11-9-18-15-20(10-12-22(18)23)29-14-13-19-16-30-24(26-19)17-7-5-4-6-8-17;1-4(2)3/h4-8,10,12,15-16,21,23H,3,9,11,13-14H2,1-2H3;4H,1-3H3. The number of carbonyl (C=O) groups excluding carboxylic acids is 1. The largest absolute Gasteiger partial charge is 0.493 e. The summed E-state index contributed by atoms with van der Waals surface area (Å²) in [6.07, 6.45) is 5.10. The molecule has 0 spiro atoms. The number of fused-ring (bicyclic) bond motifs is 1. The average molecular weight is 464 g/mol. The van der Waals surface area contributed by atoms with Crippen LogP contribution in [0.2, 0.25) is 0 Å². The lowest BCUT2D eigenvalue weighted by molar-refractivity contribution is -0.146. The Morgan fingerprint density at radius 2 is 1.88 bits per heavy atom. The van der Waals surface area contributed by atoms with E-state index in [0.29, 0.717) is 18.9 Å². The van der Waals surface area contributed by atoms with Gasteiger partial charge in [0.2, 0.25) is 5.89 Å². The Kier molecular flexibility index (Phi) is 9.32. The van der Waals surface area contributed by atoms with Crippen LogP contribution in [0.4, 0.5) is 0 Å². The number of rotatable bonds is 8. The molecule has 1 aromatic heterocycles. The molecule has 0 radical (unpaired) electrons. The van der Waals surface area contributed by atoms with E-state index in [9.17, 15) is 4.79 Å². The van der Waals surface area contributed by atoms with Gasteiger partial charge in [-0.3, -0.25) is 4.79 Å². The minimum Gasteiger partial charge on any atom is -0.493 e. The molecule has 1 heterocycles. The van der Waals surface area contributed by atoms with Gasteiger partial charge in [0.05, 0.1) is 25.3 Å². The molecule has 4 rings (SSSR count). The number of hydrogen-bond donors (Lipinski definition) is 0. The predicted molar refractivity (Wildman–Crippen MR) is 135 cm³/mol. The maximum Gasteiger partial charge on any atom is 0.309 e. The van der Waals surface area contributed by atoms with E-state index in [1.54, 1.807) is 6.26 Å². The number of benzene rings is 2. The van der Waals surface area contributed by atoms with Gasteiger partial charge in [-0.05, 0) is 66.5 Å². The van der Waals surface area contributed by atoms with Crippen LogP contribution < -0.4 is 4.74 Å². The second kappa shape index (κ2) is 12.4. The molecule has 0 fully saturated rings. The fourth-order valence-electron chi connectivity index (χ4n) is 4.31. The highest BCUT2D eigenvalue weighted by Crippen LogP contribution is 2.41. The number of hydrogen-bond acceptors (Lipinski definition) is 5. The molecule has 0 aliphatic heterocycles. The normalized spacial score (nSPS) is 15.3. The minimum atomic E-state index is -0.113. The van der Waals surface area contributed by atoms with Crippen LogP contribution in [0.1, 0.15) is 63.3 Å². The van der Waals surface area contributed by atoms with Gasteiger partial charge in [-0.1, -0.05) is 52.0 Å². The third kappa shape index (κ3) is 6.72. The summed E-state index contributed by atoms with van der Waals surface area (Å²) in [7, 11) is 1.47. The van der Waals surface area contributed by atoms with Gasteiger partial charge in [-0.25, -0.2) is 4.98 Å². The van der Waals surface area contributed by atoms with Crippen LogP contribution in [0, 0.1) is 11.8 Å². The van der Waals surface area contributed by atoms with E-state index in [4.69, 9.17) is 13.9 Å². The highest BCUT2D eigenvalue weighted by atomic mass is 16.5. The summed E-state index contributed by atoms with van der Waals surface area (Å²) in [6.45, 7) is 9.08. The number of nitrogens with zero attached hydrogens (tertiary/aromatic N) is 1. The molecule has 3 aromatic rings. The van der Waals surface area contributed by atoms with E-state index in [1.165, 1.54) is 18.2 Å². The van der Waals surface area contributed by atoms with Crippen LogP contribution in [-0.4, -0.2) is 24.7 Å². The maximum absolute atomic E-state index is 12.1. The first kappa shape index (κ1) is 25.5. The van der Waals surface area contributed by atoms with E-state index in [1.807, 2.05) is 43.3 Å². The van der Waals surface area contributed by atoms with Gasteiger partial charge in [-0.15, -0.1) is 0 Å². The van der Waals surface area contributed by atoms with Crippen LogP contribution in [0.25, 0.3) is 11.5 Å². The molecule has 5 nitrogen and oxygen atoms in total. The van der Waals surface area contributed by atoms with Crippen molar-refractivity contribution >= 4 is 5.97 Å². The van der Waals surface area contributed by atoms with Gasteiger partial charge in [0.1, 0.15) is 12.0 Å². The third-order valence-corrected chi connectivity index (χ3v) is 5.87. The Hall–Kier alpha value is -3.08. The highest BCUT2D eigenvalue weighted by Gasteiger charge is 2.33. The van der Waals surface area contributed by atoms with Gasteiger partial charge in [-0.2, -0.15) is 0 Å². The van der Waals surface area contributed by atoms with E-state index in [2.05, 4.69) is 37.9 Å². The predicted octanol–water partition coefficient (Wildman–Crippen LogP) is 6.85. The molecule has 1 aliphatic carbocycles. The van der Waals surface area contributed by atoms with Crippen molar-refractivity contribution in [3.05, 3.63) is 71.6 Å². The van der Waals surface area contributed by atoms with Crippen molar-refractivity contribution in [3.63, 3.8) is 0 Å². The summed E-state index contributed by atoms with van der Waals surface area (Å²) < 4.78 is 16.6. The molecule has 34 heavy (non-hydrogen) atoms. The van der Waals surface area contributed by atoms with Crippen LogP contribution in [-0.2, 0) is 22.4 Å². The summed E-state index contributed by atoms with van der Waals surface area (Å²) in [4.78, 5) is 16.7. The Morgan fingerprint density at radius 1 is 1.15 bits per heavy atom. The molecule has 2 atom stereocenters. The molecule has 1 aliphatic rings. The van der Waals surface area contributed by atoms with Crippen molar-refractivity contribution in [3.8, 4) is 17.2 Å². The third-order valence-electron chi connectivity index (χ3n) is 5.87. The smallest absolute Gasteiger partial charge is 0.309 e. The molecule has 0 saturated heterocycles. The van der Waals surface area contributed by atoms with Crippen LogP contribution in [0.5, 0.6) is 5.75 Å². The Bertz CT molecular complexity index is 1040. The molecular formula is C29H37NO4. The summed E-state index contributed by atoms with van der Waals surface area (Å²) in [6, 6.07) is 16.1. The van der Waals surface area contributed by atoms with Crippen molar-refractivity contribution in [2.24, 2.45) is 11.8 Å². The quantitative estimate of drug-likeness (QED) is 0.342. The lowest BCUT2D eigenvalue weighted by atomic mass is 9.85. The van der Waals surface area contributed by atoms with Crippen LogP contribution in [0.3, 0.4) is 0 Å². The molecule has 5 heteroatoms. The van der Waals surface area contributed by atoms with Crippen LogP contribution >= 0.6 is 0 Å². The number of oxazole rings is 1. The molecule has 0 saturated carbocycles. The highest BCUT2D eigenvalue weighted by molar-refractivity contribution is 5.74. The van der Waals surface area contributed by atoms with E-state index < -0.39 is 0 Å². The summed E-state index contributed by atoms with van der Waals surface area (Å²) in [5.41, 5.74) is 4.37. The molecular weight excluding hydrogens is 426 g/mol. The van der Waals surface area contributed by atoms with E-state index in [-0.39, 0.29) is 17.8 Å². The zero-order valence-electron chi connectivity index (χ0n) is 21.0. The zero-order chi connectivity index (χ0) is 24.5. The van der Waals surface area contributed by atoms with Gasteiger partial charge >= 0.3 is 5.97 Å². The molecule has 0 bridgehead atoms. The van der Waals surface area contributed by atoms with Crippen molar-refractivity contribution in [2.75, 3.05) is 13.7 Å². The van der Waals surface area contributed by atoms with E-state index >= 15 is 0 Å². The second-order valence-corrected chi connectivity index (χ2v) is 9.38. The van der Waals surface area contributed by atoms with Crippen molar-refractivity contribution in [2.45, 2.75) is 59.3 Å². The second-order valence-electron chi connectivity index (χ2n) is 9.38. The van der Waals surface area contributed by atoms with Gasteiger partial charge < -0.3 is 13.9 Å². The first-order valence-corrected chi connectivity index (χ1v) is 12.3. The zero-order valence-corrected chi connectivity index (χ0v) is 21.0. The molecule has 2 unspecified atom stereocenters. The van der Waals surface area contributed by atoms with Gasteiger partial charge in [0.25, 0.3) is 0 Å². The summed E-state index contributed by atoms with van der Waals surface area (Å²) in [5.74, 6) is 2.36. The number of methoxy groups -OCH3 is 1. The van der Waals surface area contributed by atoms with Gasteiger partial charge in [0.15, 0.2) is 0 Å². The number of aromatic nitrogens is 1. The molecule has 2 aromatic carbocycles. The number of aryl methyl sites for hydroxylation is 1. The topological polar surface area (TPSA) is 61.6 Å². The van der Waals surface area contributed by atoms with Gasteiger partial charge in [0, 0.05) is 12.0 Å². The van der Waals surface area contributed by atoms with Crippen molar-refractivity contribution < 1.29 is 18.7 Å². The monoisotopic (exact) mass is 463 g/mol. The summed E-state index contributed by atoms with van der Waals surface area (Å²) in [5, 5.41) is 0. The number of ether oxygens (including phenoxy) is 2. The maximum atomic E-state index is 12.1. The SMILES string of the molecule is CC(C)C.CCC(C(=O)OC)C1CCc2cc(OCCc3coc(-c4ccccc4)n3)ccc21. The fourth-order valence-corrected chi connectivity index (χ4v) is 4.31. The minimum absolute atomic E-state index is 0.0750. The average Bonchev–Trinajstić information content (AvgIpc) is 3.47. The lowest BCUT2D eigenvalue weighted by Crippen LogP contribution is -2.21. The first-order chi connectivity index (χ1) is 16.4. The Labute approximate surface area is 203 Å².